The summed E-state index contributed by atoms with van der Waals surface area (Å²) >= 11 is 0. The van der Waals surface area contributed by atoms with E-state index in [2.05, 4.69) is 0 Å². The second-order valence-corrected chi connectivity index (χ2v) is 6.37. The monoisotopic (exact) mass is 273 g/mol. The number of ether oxygens (including phenoxy) is 1. The third kappa shape index (κ3) is 3.28. The average molecular weight is 273 g/mol. The first-order chi connectivity index (χ1) is 8.47. The van der Waals surface area contributed by atoms with E-state index in [-0.39, 0.29) is 11.7 Å². The van der Waals surface area contributed by atoms with Crippen LogP contribution < -0.4 is 5.14 Å². The topological polar surface area (TPSA) is 69.4 Å². The van der Waals surface area contributed by atoms with Crippen LogP contribution in [0, 0.1) is 11.7 Å². The third-order valence-electron chi connectivity index (χ3n) is 3.21. The zero-order valence-corrected chi connectivity index (χ0v) is 10.7. The Hall–Kier alpha value is -0.980. The average Bonchev–Trinajstić information content (AvgIpc) is 2.28. The number of halogens is 1. The number of rotatable bonds is 3. The van der Waals surface area contributed by atoms with E-state index in [0.29, 0.717) is 26.1 Å². The van der Waals surface area contributed by atoms with Crippen molar-refractivity contribution in [3.63, 3.8) is 0 Å². The minimum Gasteiger partial charge on any atom is -0.381 e. The van der Waals surface area contributed by atoms with Gasteiger partial charge in [0.25, 0.3) is 0 Å². The van der Waals surface area contributed by atoms with Crippen LogP contribution in [0.5, 0.6) is 0 Å². The Labute approximate surface area is 106 Å². The van der Waals surface area contributed by atoms with Gasteiger partial charge in [0.2, 0.25) is 10.0 Å². The van der Waals surface area contributed by atoms with Gasteiger partial charge in [-0.25, -0.2) is 17.9 Å². The molecule has 2 rings (SSSR count). The summed E-state index contributed by atoms with van der Waals surface area (Å²) in [7, 11) is -3.58. The lowest BCUT2D eigenvalue weighted by Gasteiger charge is -2.29. The summed E-state index contributed by atoms with van der Waals surface area (Å²) < 4.78 is 41.4. The van der Waals surface area contributed by atoms with Gasteiger partial charge in [0.05, 0.1) is 11.9 Å². The Morgan fingerprint density at radius 3 is 2.89 bits per heavy atom. The predicted molar refractivity (Wildman–Crippen MR) is 65.9 cm³/mol. The Kier molecular flexibility index (Phi) is 3.99. The summed E-state index contributed by atoms with van der Waals surface area (Å²) in [6, 6.07) is 6.16. The molecule has 0 amide bonds. The second kappa shape index (κ2) is 5.34. The molecule has 18 heavy (non-hydrogen) atoms. The lowest BCUT2D eigenvalue weighted by Crippen LogP contribution is -2.42. The van der Waals surface area contributed by atoms with Crippen LogP contribution in [0.3, 0.4) is 0 Å². The van der Waals surface area contributed by atoms with E-state index in [9.17, 15) is 12.8 Å². The van der Waals surface area contributed by atoms with Crippen LogP contribution in [-0.2, 0) is 21.2 Å². The van der Waals surface area contributed by atoms with Crippen molar-refractivity contribution in [3.8, 4) is 0 Å². The van der Waals surface area contributed by atoms with Gasteiger partial charge in [-0.1, -0.05) is 12.1 Å². The van der Waals surface area contributed by atoms with Crippen molar-refractivity contribution < 1.29 is 17.5 Å². The maximum Gasteiger partial charge on any atom is 0.212 e. The van der Waals surface area contributed by atoms with Crippen molar-refractivity contribution in [3.05, 3.63) is 35.6 Å². The lowest BCUT2D eigenvalue weighted by atomic mass is 9.93. The summed E-state index contributed by atoms with van der Waals surface area (Å²) in [5.41, 5.74) is 0.763. The Balaban J connectivity index is 2.15. The lowest BCUT2D eigenvalue weighted by molar-refractivity contribution is 0.0572. The number of sulfonamides is 1. The molecular weight excluding hydrogens is 257 g/mol. The first-order valence-corrected chi connectivity index (χ1v) is 7.41. The molecule has 0 unspecified atom stereocenters. The molecule has 1 heterocycles. The quantitative estimate of drug-likeness (QED) is 0.895. The van der Waals surface area contributed by atoms with Crippen LogP contribution in [0.4, 0.5) is 4.39 Å². The van der Waals surface area contributed by atoms with Crippen molar-refractivity contribution in [2.75, 3.05) is 13.2 Å². The summed E-state index contributed by atoms with van der Waals surface area (Å²) in [6.07, 6.45) is 0.859. The van der Waals surface area contributed by atoms with Crippen LogP contribution in [0.25, 0.3) is 0 Å². The highest BCUT2D eigenvalue weighted by Crippen LogP contribution is 2.24. The van der Waals surface area contributed by atoms with E-state index in [0.717, 1.165) is 5.56 Å². The molecule has 1 aromatic carbocycles. The maximum absolute atomic E-state index is 13.1. The Bertz CT molecular complexity index is 518. The molecule has 0 bridgehead atoms. The van der Waals surface area contributed by atoms with E-state index in [1.165, 1.54) is 12.1 Å². The molecule has 1 fully saturated rings. The summed E-state index contributed by atoms with van der Waals surface area (Å²) in [4.78, 5) is 0. The smallest absolute Gasteiger partial charge is 0.212 e. The van der Waals surface area contributed by atoms with Gasteiger partial charge in [-0.2, -0.15) is 0 Å². The van der Waals surface area contributed by atoms with Gasteiger partial charge in [-0.3, -0.25) is 0 Å². The molecule has 2 N–H and O–H groups in total. The molecule has 1 aliphatic rings. The number of hydrogen-bond donors (Lipinski definition) is 1. The summed E-state index contributed by atoms with van der Waals surface area (Å²) in [5.74, 6) is -0.535. The first-order valence-electron chi connectivity index (χ1n) is 5.80. The van der Waals surface area contributed by atoms with Gasteiger partial charge >= 0.3 is 0 Å². The van der Waals surface area contributed by atoms with Gasteiger partial charge in [-0.15, -0.1) is 0 Å². The van der Waals surface area contributed by atoms with Crippen molar-refractivity contribution in [2.45, 2.75) is 18.1 Å². The van der Waals surface area contributed by atoms with Gasteiger partial charge in [0, 0.05) is 12.5 Å². The molecule has 1 saturated heterocycles. The molecule has 0 aromatic heterocycles. The largest absolute Gasteiger partial charge is 0.381 e. The minimum absolute atomic E-state index is 0.212. The van der Waals surface area contributed by atoms with Crippen LogP contribution in [0.1, 0.15) is 12.0 Å². The van der Waals surface area contributed by atoms with Gasteiger partial charge in [0.1, 0.15) is 5.82 Å². The van der Waals surface area contributed by atoms with Crippen LogP contribution in [-0.4, -0.2) is 26.9 Å². The molecule has 0 radical (unpaired) electrons. The Morgan fingerprint density at radius 1 is 1.44 bits per heavy atom. The molecule has 4 nitrogen and oxygen atoms in total. The van der Waals surface area contributed by atoms with E-state index >= 15 is 0 Å². The van der Waals surface area contributed by atoms with Crippen LogP contribution >= 0.6 is 0 Å². The molecule has 1 aliphatic heterocycles. The van der Waals surface area contributed by atoms with Crippen LogP contribution in [0.2, 0.25) is 0 Å². The van der Waals surface area contributed by atoms with Crippen molar-refractivity contribution in [1.82, 2.24) is 0 Å². The third-order valence-corrected chi connectivity index (χ3v) is 4.68. The van der Waals surface area contributed by atoms with Crippen molar-refractivity contribution >= 4 is 10.0 Å². The number of hydrogen-bond acceptors (Lipinski definition) is 3. The SMILES string of the molecule is NS(=O)(=O)[C@@H]1CCOC[C@H]1Cc1cccc(F)c1. The van der Waals surface area contributed by atoms with Crippen molar-refractivity contribution in [1.29, 1.82) is 0 Å². The first kappa shape index (κ1) is 13.5. The predicted octanol–water partition coefficient (Wildman–Crippen LogP) is 1.06. The molecule has 100 valence electrons. The van der Waals surface area contributed by atoms with E-state index in [4.69, 9.17) is 9.88 Å². The fraction of sp³-hybridized carbons (Fsp3) is 0.500. The molecule has 0 spiro atoms. The van der Waals surface area contributed by atoms with Gasteiger partial charge in [-0.05, 0) is 30.5 Å². The molecule has 6 heteroatoms. The van der Waals surface area contributed by atoms with Crippen LogP contribution in [0.15, 0.2) is 24.3 Å². The zero-order chi connectivity index (χ0) is 13.2. The second-order valence-electron chi connectivity index (χ2n) is 4.59. The highest BCUT2D eigenvalue weighted by Gasteiger charge is 2.33. The summed E-state index contributed by atoms with van der Waals surface area (Å²) in [5, 5.41) is 4.62. The fourth-order valence-corrected chi connectivity index (χ4v) is 3.50. The molecule has 1 aromatic rings. The minimum atomic E-state index is -3.58. The number of benzene rings is 1. The van der Waals surface area contributed by atoms with E-state index < -0.39 is 15.3 Å². The molecule has 0 aliphatic carbocycles. The molecule has 2 atom stereocenters. The maximum atomic E-state index is 13.1. The number of nitrogens with two attached hydrogens (primary N) is 1. The molecule has 0 saturated carbocycles. The zero-order valence-electron chi connectivity index (χ0n) is 9.88. The van der Waals surface area contributed by atoms with Gasteiger partial charge in [0.15, 0.2) is 0 Å². The van der Waals surface area contributed by atoms with Crippen molar-refractivity contribution in [2.24, 2.45) is 11.1 Å². The number of primary sulfonamides is 1. The highest BCUT2D eigenvalue weighted by atomic mass is 32.2. The summed E-state index contributed by atoms with van der Waals surface area (Å²) in [6.45, 7) is 0.748. The Morgan fingerprint density at radius 2 is 2.22 bits per heavy atom. The molecular formula is C12H16FNO3S. The fourth-order valence-electron chi connectivity index (χ4n) is 2.37. The van der Waals surface area contributed by atoms with E-state index in [1.54, 1.807) is 12.1 Å². The normalized spacial score (nSPS) is 25.0. The van der Waals surface area contributed by atoms with E-state index in [1.807, 2.05) is 0 Å². The van der Waals surface area contributed by atoms with Gasteiger partial charge < -0.3 is 4.74 Å². The highest BCUT2D eigenvalue weighted by molar-refractivity contribution is 7.89. The standard InChI is InChI=1S/C12H16FNO3S/c13-11-3-1-2-9(7-11)6-10-8-17-5-4-12(10)18(14,15)16/h1-3,7,10,12H,4-6,8H2,(H2,14,15,16)/t10-,12-/m1/s1.